The first-order valence-electron chi connectivity index (χ1n) is 9.24. The molecule has 29 heavy (non-hydrogen) atoms. The van der Waals surface area contributed by atoms with Crippen LogP contribution in [0.1, 0.15) is 25.3 Å². The number of allylic oxidation sites excluding steroid dienone is 2. The van der Waals surface area contributed by atoms with E-state index in [9.17, 15) is 14.7 Å². The third kappa shape index (κ3) is 4.06. The number of anilines is 1. The summed E-state index contributed by atoms with van der Waals surface area (Å²) in [5.41, 5.74) is 5.54. The van der Waals surface area contributed by atoms with E-state index in [-0.39, 0.29) is 10.9 Å². The van der Waals surface area contributed by atoms with Gasteiger partial charge in [0.2, 0.25) is 5.91 Å². The van der Waals surface area contributed by atoms with Crippen LogP contribution >= 0.6 is 23.8 Å². The van der Waals surface area contributed by atoms with Gasteiger partial charge in [-0.2, -0.15) is 0 Å². The highest BCUT2D eigenvalue weighted by atomic mass is 35.5. The number of nitrogens with two attached hydrogens (primary N) is 1. The number of rotatable bonds is 4. The van der Waals surface area contributed by atoms with Gasteiger partial charge in [-0.05, 0) is 36.6 Å². The maximum atomic E-state index is 11.6. The number of hydrogen-bond donors (Lipinski definition) is 4. The molecule has 1 fully saturated rings. The van der Waals surface area contributed by atoms with Crippen molar-refractivity contribution in [1.82, 2.24) is 10.2 Å². The zero-order valence-electron chi connectivity index (χ0n) is 15.9. The molecule has 0 spiro atoms. The van der Waals surface area contributed by atoms with Gasteiger partial charge < -0.3 is 21.5 Å². The summed E-state index contributed by atoms with van der Waals surface area (Å²) in [5, 5.41) is 16.7. The van der Waals surface area contributed by atoms with Gasteiger partial charge in [0.25, 0.3) is 0 Å². The number of halogens is 1. The molecule has 1 heterocycles. The molecule has 3 rings (SSSR count). The third-order valence-electron chi connectivity index (χ3n) is 5.09. The summed E-state index contributed by atoms with van der Waals surface area (Å²) in [5.74, 6) is -0.213. The Labute approximate surface area is 179 Å². The number of para-hydroxylation sites is 1. The summed E-state index contributed by atoms with van der Waals surface area (Å²) in [4.78, 5) is 23.1. The molecule has 9 heteroatoms. The average molecular weight is 435 g/mol. The first kappa shape index (κ1) is 21.4. The standard InChI is InChI=1S/C20H23ClN4O3S/c1-13(26)23-16-7-3-2-6-15(16)14-8-9-20(28,25-10-4-5-11-25)19(21,12-14)17(29)24-18(22)27/h2-3,6-9,12,28H,4-5,10-11H2,1H3,(H,23,26)(H3,22,24,27,29). The summed E-state index contributed by atoms with van der Waals surface area (Å²) in [6, 6.07) is 6.36. The van der Waals surface area contributed by atoms with Crippen molar-refractivity contribution in [2.45, 2.75) is 30.4 Å². The lowest BCUT2D eigenvalue weighted by atomic mass is 9.83. The fraction of sp³-hybridized carbons (Fsp3) is 0.350. The van der Waals surface area contributed by atoms with Gasteiger partial charge in [0.15, 0.2) is 10.6 Å². The second-order valence-electron chi connectivity index (χ2n) is 7.11. The molecule has 7 nitrogen and oxygen atoms in total. The highest BCUT2D eigenvalue weighted by Crippen LogP contribution is 2.44. The van der Waals surface area contributed by atoms with Crippen LogP contribution in [0.3, 0.4) is 0 Å². The number of aliphatic hydroxyl groups is 1. The number of primary amides is 1. The normalized spacial score (nSPS) is 26.7. The topological polar surface area (TPSA) is 108 Å². The fourth-order valence-electron chi connectivity index (χ4n) is 3.73. The molecule has 2 atom stereocenters. The van der Waals surface area contributed by atoms with Crippen LogP contribution in [0, 0.1) is 0 Å². The van der Waals surface area contributed by atoms with Crippen LogP contribution in [-0.4, -0.2) is 50.6 Å². The van der Waals surface area contributed by atoms with Crippen LogP contribution in [0.2, 0.25) is 0 Å². The van der Waals surface area contributed by atoms with Gasteiger partial charge in [-0.15, -0.1) is 11.6 Å². The number of likely N-dealkylation sites (tertiary alicyclic amines) is 1. The van der Waals surface area contributed by atoms with E-state index in [0.717, 1.165) is 12.8 Å². The van der Waals surface area contributed by atoms with Crippen molar-refractivity contribution < 1.29 is 14.7 Å². The number of hydrogen-bond acceptors (Lipinski definition) is 5. The second-order valence-corrected chi connectivity index (χ2v) is 8.11. The van der Waals surface area contributed by atoms with Gasteiger partial charge in [0.05, 0.1) is 0 Å². The van der Waals surface area contributed by atoms with Gasteiger partial charge in [-0.1, -0.05) is 36.5 Å². The number of alkyl halides is 1. The molecule has 3 amide bonds. The lowest BCUT2D eigenvalue weighted by Gasteiger charge is -2.47. The molecule has 1 saturated heterocycles. The Hall–Kier alpha value is -2.26. The van der Waals surface area contributed by atoms with Crippen LogP contribution in [0.15, 0.2) is 42.5 Å². The average Bonchev–Trinajstić information content (AvgIpc) is 3.19. The maximum absolute atomic E-state index is 11.6. The Balaban J connectivity index is 2.10. The van der Waals surface area contributed by atoms with E-state index in [0.29, 0.717) is 29.9 Å². The number of benzene rings is 1. The SMILES string of the molecule is CC(=O)Nc1ccccc1C1=CC(Cl)(C(=S)NC(N)=O)C(O)(N2CCCC2)C=C1. The van der Waals surface area contributed by atoms with E-state index in [1.165, 1.54) is 6.92 Å². The minimum absolute atomic E-state index is 0.0973. The van der Waals surface area contributed by atoms with Crippen LogP contribution in [0.5, 0.6) is 0 Å². The Morgan fingerprint density at radius 2 is 1.93 bits per heavy atom. The summed E-state index contributed by atoms with van der Waals surface area (Å²) in [7, 11) is 0. The highest BCUT2D eigenvalue weighted by Gasteiger charge is 2.55. The zero-order valence-corrected chi connectivity index (χ0v) is 17.5. The van der Waals surface area contributed by atoms with Crippen molar-refractivity contribution in [3.05, 3.63) is 48.1 Å². The molecule has 1 aliphatic heterocycles. The van der Waals surface area contributed by atoms with E-state index in [1.54, 1.807) is 30.4 Å². The van der Waals surface area contributed by atoms with E-state index in [1.807, 2.05) is 17.0 Å². The van der Waals surface area contributed by atoms with Crippen molar-refractivity contribution in [2.24, 2.45) is 5.73 Å². The first-order chi connectivity index (χ1) is 13.7. The maximum Gasteiger partial charge on any atom is 0.317 e. The summed E-state index contributed by atoms with van der Waals surface area (Å²) >= 11 is 12.3. The summed E-state index contributed by atoms with van der Waals surface area (Å²) in [6.07, 6.45) is 6.76. The fourth-order valence-corrected chi connectivity index (χ4v) is 4.38. The molecule has 0 saturated carbocycles. The Bertz CT molecular complexity index is 913. The number of thiocarbonyl (C=S) groups is 1. The highest BCUT2D eigenvalue weighted by molar-refractivity contribution is 7.80. The van der Waals surface area contributed by atoms with Crippen molar-refractivity contribution in [2.75, 3.05) is 18.4 Å². The number of nitrogens with one attached hydrogen (secondary N) is 2. The smallest absolute Gasteiger partial charge is 0.317 e. The van der Waals surface area contributed by atoms with E-state index < -0.39 is 16.6 Å². The van der Waals surface area contributed by atoms with Crippen LogP contribution in [-0.2, 0) is 4.79 Å². The van der Waals surface area contributed by atoms with Crippen LogP contribution in [0.4, 0.5) is 10.5 Å². The zero-order chi connectivity index (χ0) is 21.2. The van der Waals surface area contributed by atoms with E-state index in [4.69, 9.17) is 29.6 Å². The van der Waals surface area contributed by atoms with Gasteiger partial charge in [0, 0.05) is 31.3 Å². The van der Waals surface area contributed by atoms with Crippen molar-refractivity contribution >= 4 is 52.0 Å². The Kier molecular flexibility index (Phi) is 6.09. The third-order valence-corrected chi connectivity index (χ3v) is 6.20. The molecular weight excluding hydrogens is 412 g/mol. The van der Waals surface area contributed by atoms with Gasteiger partial charge in [-0.3, -0.25) is 9.69 Å². The molecule has 0 aromatic heterocycles. The molecule has 1 aromatic rings. The lowest BCUT2D eigenvalue weighted by Crippen LogP contribution is -2.66. The molecule has 0 bridgehead atoms. The molecule has 1 aliphatic carbocycles. The predicted molar refractivity (Wildman–Crippen MR) is 118 cm³/mol. The van der Waals surface area contributed by atoms with Crippen molar-refractivity contribution in [1.29, 1.82) is 0 Å². The number of urea groups is 1. The minimum atomic E-state index is -1.64. The first-order valence-corrected chi connectivity index (χ1v) is 10.0. The molecule has 2 unspecified atom stereocenters. The minimum Gasteiger partial charge on any atom is -0.369 e. The summed E-state index contributed by atoms with van der Waals surface area (Å²) in [6.45, 7) is 2.70. The van der Waals surface area contributed by atoms with Crippen molar-refractivity contribution in [3.63, 3.8) is 0 Å². The van der Waals surface area contributed by atoms with E-state index >= 15 is 0 Å². The molecule has 0 radical (unpaired) electrons. The monoisotopic (exact) mass is 434 g/mol. The summed E-state index contributed by atoms with van der Waals surface area (Å²) < 4.78 is 0. The van der Waals surface area contributed by atoms with E-state index in [2.05, 4.69) is 10.6 Å². The van der Waals surface area contributed by atoms with Gasteiger partial charge in [-0.25, -0.2) is 4.79 Å². The Morgan fingerprint density at radius 3 is 2.55 bits per heavy atom. The number of nitrogens with zero attached hydrogens (tertiary/aromatic N) is 1. The molecular formula is C20H23ClN4O3S. The Morgan fingerprint density at radius 1 is 1.28 bits per heavy atom. The number of carbonyl (C=O) groups excluding carboxylic acids is 2. The number of carbonyl (C=O) groups is 2. The van der Waals surface area contributed by atoms with Gasteiger partial charge in [0.1, 0.15) is 4.99 Å². The number of amides is 3. The molecule has 1 aromatic carbocycles. The molecule has 5 N–H and O–H groups in total. The molecule has 154 valence electrons. The quantitative estimate of drug-likeness (QED) is 0.430. The largest absolute Gasteiger partial charge is 0.369 e. The van der Waals surface area contributed by atoms with Crippen molar-refractivity contribution in [3.8, 4) is 0 Å². The second kappa shape index (κ2) is 8.23. The van der Waals surface area contributed by atoms with Gasteiger partial charge >= 0.3 is 6.03 Å². The van der Waals surface area contributed by atoms with Crippen LogP contribution in [0.25, 0.3) is 5.57 Å². The predicted octanol–water partition coefficient (Wildman–Crippen LogP) is 2.36. The molecule has 2 aliphatic rings. The lowest BCUT2D eigenvalue weighted by molar-refractivity contribution is -0.114. The van der Waals surface area contributed by atoms with Crippen LogP contribution < -0.4 is 16.4 Å².